The quantitative estimate of drug-likeness (QED) is 0.161. The van der Waals surface area contributed by atoms with E-state index in [9.17, 15) is 17.6 Å². The number of ether oxygens (including phenoxy) is 1. The number of aromatic nitrogens is 2. The fraction of sp³-hybridized carbons (Fsp3) is 0.179. The van der Waals surface area contributed by atoms with Crippen LogP contribution in [0.3, 0.4) is 0 Å². The lowest BCUT2D eigenvalue weighted by Crippen LogP contribution is -2.26. The normalized spacial score (nSPS) is 12.8. The van der Waals surface area contributed by atoms with Crippen LogP contribution in [-0.2, 0) is 6.42 Å². The van der Waals surface area contributed by atoms with Crippen molar-refractivity contribution in [3.05, 3.63) is 105 Å². The summed E-state index contributed by atoms with van der Waals surface area (Å²) in [5.74, 6) is -0.592. The number of hydrazine groups is 1. The Morgan fingerprint density at radius 3 is 2.30 bits per heavy atom. The van der Waals surface area contributed by atoms with Gasteiger partial charge in [0.25, 0.3) is 0 Å². The molecule has 4 rings (SSSR count). The molecule has 0 amide bonds. The van der Waals surface area contributed by atoms with E-state index in [0.717, 1.165) is 0 Å². The monoisotopic (exact) mass is 591 g/mol. The summed E-state index contributed by atoms with van der Waals surface area (Å²) in [6.07, 6.45) is -4.26. The molecule has 12 heteroatoms. The van der Waals surface area contributed by atoms with Gasteiger partial charge in [0.15, 0.2) is 11.3 Å². The predicted molar refractivity (Wildman–Crippen MR) is 147 cm³/mol. The molecule has 3 aromatic carbocycles. The maximum Gasteiger partial charge on any atom is 0.573 e. The van der Waals surface area contributed by atoms with E-state index in [4.69, 9.17) is 23.2 Å². The van der Waals surface area contributed by atoms with Gasteiger partial charge in [-0.3, -0.25) is 0 Å². The van der Waals surface area contributed by atoms with Gasteiger partial charge in [-0.25, -0.2) is 24.8 Å². The number of halogens is 6. The third kappa shape index (κ3) is 7.68. The summed E-state index contributed by atoms with van der Waals surface area (Å²) in [4.78, 5) is 13.7. The number of alkyl halides is 3. The lowest BCUT2D eigenvalue weighted by Gasteiger charge is -2.17. The van der Waals surface area contributed by atoms with Crippen LogP contribution in [0.4, 0.5) is 29.1 Å². The van der Waals surface area contributed by atoms with Crippen molar-refractivity contribution in [1.82, 2.24) is 15.4 Å². The summed E-state index contributed by atoms with van der Waals surface area (Å²) >= 11 is 12.3. The summed E-state index contributed by atoms with van der Waals surface area (Å²) in [5.41, 5.74) is 8.35. The molecule has 6 nitrogen and oxygen atoms in total. The molecule has 0 fully saturated rings. The highest BCUT2D eigenvalue weighted by molar-refractivity contribution is 6.33. The first kappa shape index (κ1) is 29.3. The first-order chi connectivity index (χ1) is 19.0. The number of rotatable bonds is 8. The molecule has 0 aliphatic carbocycles. The van der Waals surface area contributed by atoms with Gasteiger partial charge in [0.05, 0.1) is 16.3 Å². The smallest absolute Gasteiger partial charge is 0.406 e. The second-order valence-corrected chi connectivity index (χ2v) is 9.41. The lowest BCUT2D eigenvalue weighted by molar-refractivity contribution is -0.274. The van der Waals surface area contributed by atoms with Crippen LogP contribution in [0.15, 0.2) is 77.8 Å². The molecule has 2 N–H and O–H groups in total. The lowest BCUT2D eigenvalue weighted by atomic mass is 10.1. The molecule has 0 saturated heterocycles. The SMILES string of the molecule is CCc1cc(=Nc2ccc(Cl)cc2)nc(-c2c(F)cccc2Cl)nc1NNC(C)c1ccc(OC(F)(F)F)cc1. The zero-order chi connectivity index (χ0) is 28.9. The first-order valence-corrected chi connectivity index (χ1v) is 12.8. The highest BCUT2D eigenvalue weighted by Crippen LogP contribution is 2.29. The zero-order valence-electron chi connectivity index (χ0n) is 21.2. The molecule has 0 spiro atoms. The average molecular weight is 592 g/mol. The molecule has 1 atom stereocenters. The van der Waals surface area contributed by atoms with Crippen molar-refractivity contribution >= 4 is 34.7 Å². The topological polar surface area (TPSA) is 71.4 Å². The van der Waals surface area contributed by atoms with Gasteiger partial charge in [0, 0.05) is 11.1 Å². The van der Waals surface area contributed by atoms with Crippen LogP contribution >= 0.6 is 23.2 Å². The number of hydrogen-bond acceptors (Lipinski definition) is 6. The molecule has 4 aromatic rings. The molecule has 1 heterocycles. The molecule has 0 radical (unpaired) electrons. The Hall–Kier alpha value is -3.73. The van der Waals surface area contributed by atoms with Gasteiger partial charge < -0.3 is 10.2 Å². The van der Waals surface area contributed by atoms with Gasteiger partial charge in [-0.05, 0) is 79.1 Å². The molecule has 208 valence electrons. The Labute approximate surface area is 237 Å². The zero-order valence-corrected chi connectivity index (χ0v) is 22.7. The maximum absolute atomic E-state index is 14.9. The number of benzene rings is 3. The summed E-state index contributed by atoms with van der Waals surface area (Å²) < 4.78 is 56.3. The van der Waals surface area contributed by atoms with Crippen molar-refractivity contribution in [1.29, 1.82) is 0 Å². The number of anilines is 1. The van der Waals surface area contributed by atoms with Crippen LogP contribution in [0.5, 0.6) is 5.75 Å². The third-order valence-corrected chi connectivity index (χ3v) is 6.27. The van der Waals surface area contributed by atoms with E-state index in [1.807, 2.05) is 6.92 Å². The van der Waals surface area contributed by atoms with Crippen molar-refractivity contribution in [2.45, 2.75) is 32.7 Å². The van der Waals surface area contributed by atoms with Crippen molar-refractivity contribution in [2.75, 3.05) is 5.43 Å². The van der Waals surface area contributed by atoms with Crippen LogP contribution < -0.4 is 21.1 Å². The summed E-state index contributed by atoms with van der Waals surface area (Å²) in [5, 5.41) is 0.671. The highest BCUT2D eigenvalue weighted by atomic mass is 35.5. The van der Waals surface area contributed by atoms with Gasteiger partial charge in [0.1, 0.15) is 17.4 Å². The van der Waals surface area contributed by atoms with Crippen LogP contribution in [0, 0.1) is 5.82 Å². The first-order valence-electron chi connectivity index (χ1n) is 12.1. The van der Waals surface area contributed by atoms with E-state index in [1.165, 1.54) is 42.5 Å². The molecule has 40 heavy (non-hydrogen) atoms. The summed E-state index contributed by atoms with van der Waals surface area (Å²) in [7, 11) is 0. The van der Waals surface area contributed by atoms with E-state index < -0.39 is 12.2 Å². The fourth-order valence-corrected chi connectivity index (χ4v) is 4.07. The maximum atomic E-state index is 14.9. The molecule has 0 aliphatic heterocycles. The highest BCUT2D eigenvalue weighted by Gasteiger charge is 2.31. The van der Waals surface area contributed by atoms with Crippen molar-refractivity contribution in [3.63, 3.8) is 0 Å². The van der Waals surface area contributed by atoms with Crippen LogP contribution in [0.25, 0.3) is 11.4 Å². The Balaban J connectivity index is 1.72. The third-order valence-electron chi connectivity index (χ3n) is 5.70. The molecular weight excluding hydrogens is 569 g/mol. The number of aryl methyl sites for hydroxylation is 1. The minimum Gasteiger partial charge on any atom is -0.406 e. The summed E-state index contributed by atoms with van der Waals surface area (Å²) in [6.45, 7) is 3.71. The van der Waals surface area contributed by atoms with Crippen molar-refractivity contribution in [2.24, 2.45) is 4.99 Å². The number of hydrogen-bond donors (Lipinski definition) is 2. The van der Waals surface area contributed by atoms with Gasteiger partial charge in [-0.1, -0.05) is 48.3 Å². The molecule has 0 bridgehead atoms. The van der Waals surface area contributed by atoms with E-state index in [2.05, 4.69) is 30.5 Å². The fourth-order valence-electron chi connectivity index (χ4n) is 3.69. The molecule has 1 unspecified atom stereocenters. The predicted octanol–water partition coefficient (Wildman–Crippen LogP) is 7.96. The Kier molecular flexibility index (Phi) is 9.24. The minimum atomic E-state index is -4.77. The van der Waals surface area contributed by atoms with E-state index in [1.54, 1.807) is 37.3 Å². The van der Waals surface area contributed by atoms with Gasteiger partial charge in [-0.2, -0.15) is 0 Å². The standard InChI is InChI=1S/C28H23Cl2F4N5O/c1-3-17-15-24(35-20-11-9-19(29)10-12-20)36-27(25-22(30)5-4-6-23(25)31)37-26(17)39-38-16(2)18-7-13-21(14-8-18)40-28(32,33)34/h4-16,38H,3H2,1-2H3,(H,35,36,37,39). The molecule has 1 aromatic heterocycles. The molecule has 0 saturated carbocycles. The minimum absolute atomic E-state index is 0.00104. The van der Waals surface area contributed by atoms with Gasteiger partial charge in [-0.15, -0.1) is 13.2 Å². The Morgan fingerprint density at radius 1 is 0.975 bits per heavy atom. The van der Waals surface area contributed by atoms with Gasteiger partial charge >= 0.3 is 6.36 Å². The number of nitrogens with one attached hydrogen (secondary N) is 2. The van der Waals surface area contributed by atoms with Crippen molar-refractivity contribution < 1.29 is 22.3 Å². The van der Waals surface area contributed by atoms with E-state index in [0.29, 0.717) is 34.1 Å². The largest absolute Gasteiger partial charge is 0.573 e. The Morgan fingerprint density at radius 2 is 1.68 bits per heavy atom. The second kappa shape index (κ2) is 12.6. The van der Waals surface area contributed by atoms with Crippen LogP contribution in [0.2, 0.25) is 10.0 Å². The van der Waals surface area contributed by atoms with E-state index in [-0.39, 0.29) is 33.7 Å². The van der Waals surface area contributed by atoms with Crippen molar-refractivity contribution in [3.8, 4) is 17.1 Å². The van der Waals surface area contributed by atoms with Crippen LogP contribution in [0.1, 0.15) is 31.0 Å². The van der Waals surface area contributed by atoms with Crippen LogP contribution in [-0.4, -0.2) is 16.3 Å². The van der Waals surface area contributed by atoms with E-state index >= 15 is 0 Å². The molecular formula is C28H23Cl2F4N5O. The summed E-state index contributed by atoms with van der Waals surface area (Å²) in [6, 6.07) is 17.9. The molecule has 0 aliphatic rings. The number of nitrogens with zero attached hydrogens (tertiary/aromatic N) is 3. The average Bonchev–Trinajstić information content (AvgIpc) is 3.07. The Bertz CT molecular complexity index is 1530. The van der Waals surface area contributed by atoms with Gasteiger partial charge in [0.2, 0.25) is 0 Å². The second-order valence-electron chi connectivity index (χ2n) is 8.57.